The molecule has 0 spiro atoms. The van der Waals surface area contributed by atoms with Crippen molar-refractivity contribution in [1.82, 2.24) is 0 Å². The Balaban J connectivity index is 2.52. The molecular formula is C10H12IN. The van der Waals surface area contributed by atoms with Crippen molar-refractivity contribution in [3.63, 3.8) is 0 Å². The van der Waals surface area contributed by atoms with Crippen molar-refractivity contribution in [1.29, 1.82) is 0 Å². The van der Waals surface area contributed by atoms with Crippen LogP contribution in [-0.2, 0) is 6.42 Å². The van der Waals surface area contributed by atoms with Crippen LogP contribution in [0.25, 0.3) is 0 Å². The first kappa shape index (κ1) is 8.51. The number of hydrogen-bond acceptors (Lipinski definition) is 1. The lowest BCUT2D eigenvalue weighted by molar-refractivity contribution is 0.569. The average Bonchev–Trinajstić information content (AvgIpc) is 2.07. The smallest absolute Gasteiger partial charge is 0.0298 e. The summed E-state index contributed by atoms with van der Waals surface area (Å²) < 4.78 is 1.38. The van der Waals surface area contributed by atoms with E-state index in [0.29, 0.717) is 0 Å². The lowest BCUT2D eigenvalue weighted by Crippen LogP contribution is -2.17. The molecule has 0 aromatic heterocycles. The van der Waals surface area contributed by atoms with Gasteiger partial charge in [-0.2, -0.15) is 0 Å². The Morgan fingerprint density at radius 2 is 2.25 bits per heavy atom. The first-order chi connectivity index (χ1) is 5.79. The molecule has 1 nitrogen and oxygen atoms in total. The molecule has 0 bridgehead atoms. The van der Waals surface area contributed by atoms with Crippen LogP contribution >= 0.6 is 22.6 Å². The van der Waals surface area contributed by atoms with Gasteiger partial charge in [0.05, 0.1) is 0 Å². The van der Waals surface area contributed by atoms with Gasteiger partial charge in [0, 0.05) is 9.61 Å². The van der Waals surface area contributed by atoms with Crippen LogP contribution in [0.1, 0.15) is 30.0 Å². The first-order valence-electron chi connectivity index (χ1n) is 4.32. The molecule has 2 rings (SSSR count). The molecule has 0 fully saturated rings. The lowest BCUT2D eigenvalue weighted by atomic mass is 9.88. The highest BCUT2D eigenvalue weighted by Gasteiger charge is 2.17. The monoisotopic (exact) mass is 273 g/mol. The van der Waals surface area contributed by atoms with Crippen LogP contribution in [0.5, 0.6) is 0 Å². The third-order valence-electron chi connectivity index (χ3n) is 2.50. The summed E-state index contributed by atoms with van der Waals surface area (Å²) in [4.78, 5) is 0. The molecule has 1 aromatic rings. The molecule has 1 aromatic carbocycles. The van der Waals surface area contributed by atoms with E-state index in [0.717, 1.165) is 6.42 Å². The Morgan fingerprint density at radius 1 is 1.42 bits per heavy atom. The van der Waals surface area contributed by atoms with Crippen LogP contribution in [0.3, 0.4) is 0 Å². The maximum Gasteiger partial charge on any atom is 0.0298 e. The van der Waals surface area contributed by atoms with Gasteiger partial charge in [0.2, 0.25) is 0 Å². The molecule has 0 amide bonds. The zero-order valence-electron chi connectivity index (χ0n) is 6.89. The third-order valence-corrected chi connectivity index (χ3v) is 3.51. The molecule has 0 heterocycles. The van der Waals surface area contributed by atoms with Gasteiger partial charge in [-0.05, 0) is 59.0 Å². The quantitative estimate of drug-likeness (QED) is 0.722. The van der Waals surface area contributed by atoms with Gasteiger partial charge < -0.3 is 5.73 Å². The molecule has 64 valence electrons. The lowest BCUT2D eigenvalue weighted by Gasteiger charge is -2.22. The number of halogens is 1. The second-order valence-electron chi connectivity index (χ2n) is 3.31. The molecular weight excluding hydrogens is 261 g/mol. The third kappa shape index (κ3) is 1.38. The van der Waals surface area contributed by atoms with Gasteiger partial charge in [0.1, 0.15) is 0 Å². The van der Waals surface area contributed by atoms with Crippen molar-refractivity contribution in [2.75, 3.05) is 0 Å². The molecule has 0 aliphatic heterocycles. The summed E-state index contributed by atoms with van der Waals surface area (Å²) in [5, 5.41) is 0. The Morgan fingerprint density at radius 3 is 3.00 bits per heavy atom. The van der Waals surface area contributed by atoms with E-state index in [-0.39, 0.29) is 6.04 Å². The highest BCUT2D eigenvalue weighted by molar-refractivity contribution is 14.1. The van der Waals surface area contributed by atoms with Crippen molar-refractivity contribution < 1.29 is 0 Å². The largest absolute Gasteiger partial charge is 0.324 e. The Labute approximate surface area is 86.5 Å². The Hall–Kier alpha value is -0.0900. The summed E-state index contributed by atoms with van der Waals surface area (Å²) in [6.45, 7) is 0. The molecule has 1 unspecified atom stereocenters. The van der Waals surface area contributed by atoms with Crippen LogP contribution < -0.4 is 5.73 Å². The SMILES string of the molecule is NC1CCCc2c(I)cccc21. The summed E-state index contributed by atoms with van der Waals surface area (Å²) in [6.07, 6.45) is 3.60. The molecule has 0 saturated heterocycles. The number of rotatable bonds is 0. The summed E-state index contributed by atoms with van der Waals surface area (Å²) in [5.41, 5.74) is 8.86. The molecule has 12 heavy (non-hydrogen) atoms. The fraction of sp³-hybridized carbons (Fsp3) is 0.400. The highest BCUT2D eigenvalue weighted by atomic mass is 127. The van der Waals surface area contributed by atoms with Crippen LogP contribution in [0, 0.1) is 3.57 Å². The molecule has 1 aliphatic carbocycles. The number of nitrogens with two attached hydrogens (primary N) is 1. The molecule has 1 aliphatic rings. The molecule has 1 atom stereocenters. The van der Waals surface area contributed by atoms with Gasteiger partial charge in [-0.3, -0.25) is 0 Å². The van der Waals surface area contributed by atoms with Gasteiger partial charge in [-0.25, -0.2) is 0 Å². The zero-order chi connectivity index (χ0) is 8.55. The van der Waals surface area contributed by atoms with Gasteiger partial charge in [0.15, 0.2) is 0 Å². The fourth-order valence-electron chi connectivity index (χ4n) is 1.84. The Kier molecular flexibility index (Phi) is 2.37. The summed E-state index contributed by atoms with van der Waals surface area (Å²) in [6, 6.07) is 6.72. The van der Waals surface area contributed by atoms with E-state index in [1.165, 1.54) is 27.5 Å². The Bertz CT molecular complexity index is 296. The van der Waals surface area contributed by atoms with Gasteiger partial charge in [-0.1, -0.05) is 12.1 Å². The zero-order valence-corrected chi connectivity index (χ0v) is 9.04. The van der Waals surface area contributed by atoms with E-state index in [1.54, 1.807) is 0 Å². The highest BCUT2D eigenvalue weighted by Crippen LogP contribution is 2.30. The maximum absolute atomic E-state index is 6.01. The second-order valence-corrected chi connectivity index (χ2v) is 4.47. The molecule has 0 saturated carbocycles. The first-order valence-corrected chi connectivity index (χ1v) is 5.40. The van der Waals surface area contributed by atoms with Crippen molar-refractivity contribution in [3.05, 3.63) is 32.9 Å². The minimum Gasteiger partial charge on any atom is -0.324 e. The van der Waals surface area contributed by atoms with Crippen LogP contribution in [0.15, 0.2) is 18.2 Å². The van der Waals surface area contributed by atoms with Crippen molar-refractivity contribution in [2.45, 2.75) is 25.3 Å². The number of hydrogen-bond donors (Lipinski definition) is 1. The van der Waals surface area contributed by atoms with Gasteiger partial charge in [0.25, 0.3) is 0 Å². The topological polar surface area (TPSA) is 26.0 Å². The molecule has 2 N–H and O–H groups in total. The van der Waals surface area contributed by atoms with E-state index < -0.39 is 0 Å². The van der Waals surface area contributed by atoms with Gasteiger partial charge >= 0.3 is 0 Å². The van der Waals surface area contributed by atoms with Crippen LogP contribution in [0.4, 0.5) is 0 Å². The summed E-state index contributed by atoms with van der Waals surface area (Å²) in [7, 11) is 0. The van der Waals surface area contributed by atoms with Crippen molar-refractivity contribution in [2.24, 2.45) is 5.73 Å². The summed E-state index contributed by atoms with van der Waals surface area (Å²) >= 11 is 2.40. The van der Waals surface area contributed by atoms with E-state index in [1.807, 2.05) is 0 Å². The second kappa shape index (κ2) is 3.34. The van der Waals surface area contributed by atoms with E-state index in [9.17, 15) is 0 Å². The van der Waals surface area contributed by atoms with E-state index >= 15 is 0 Å². The van der Waals surface area contributed by atoms with E-state index in [2.05, 4.69) is 40.8 Å². The van der Waals surface area contributed by atoms with E-state index in [4.69, 9.17) is 5.73 Å². The normalized spacial score (nSPS) is 22.0. The molecule has 0 radical (unpaired) electrons. The number of benzene rings is 1. The fourth-order valence-corrected chi connectivity index (χ4v) is 2.63. The summed E-state index contributed by atoms with van der Waals surface area (Å²) in [5.74, 6) is 0. The van der Waals surface area contributed by atoms with Crippen molar-refractivity contribution >= 4 is 22.6 Å². The average molecular weight is 273 g/mol. The van der Waals surface area contributed by atoms with Crippen molar-refractivity contribution in [3.8, 4) is 0 Å². The maximum atomic E-state index is 6.01. The van der Waals surface area contributed by atoms with Crippen LogP contribution in [-0.4, -0.2) is 0 Å². The van der Waals surface area contributed by atoms with Crippen LogP contribution in [0.2, 0.25) is 0 Å². The predicted molar refractivity (Wildman–Crippen MR) is 59.0 cm³/mol. The number of fused-ring (bicyclic) bond motifs is 1. The molecule has 2 heteroatoms. The minimum atomic E-state index is 0.281. The van der Waals surface area contributed by atoms with Gasteiger partial charge in [-0.15, -0.1) is 0 Å². The predicted octanol–water partition coefficient (Wildman–Crippen LogP) is 2.63. The minimum absolute atomic E-state index is 0.281. The standard InChI is InChI=1S/C10H12IN/c11-9-5-1-4-8-7(9)3-2-6-10(8)12/h1,4-5,10H,2-3,6,12H2.